The molecule has 1 aliphatic rings. The Kier molecular flexibility index (Phi) is 8.49. The standard InChI is InChI=1S/C20H34N4O3S/c1-20(2,3)17(24(14-25)15-10-8-6-7-9-11-15)16(26)18-21-22-19(27-18)28-13-12-23(4)5/h14-15,17H,6-13H2,1-5H3/t17-/m1/s1. The second kappa shape index (κ2) is 10.4. The van der Waals surface area contributed by atoms with Gasteiger partial charge in [-0.05, 0) is 32.4 Å². The zero-order chi connectivity index (χ0) is 20.7. The molecule has 1 fully saturated rings. The number of ketones is 1. The van der Waals surface area contributed by atoms with Crippen LogP contribution in [0.15, 0.2) is 9.64 Å². The minimum atomic E-state index is -0.617. The maximum atomic E-state index is 13.3. The summed E-state index contributed by atoms with van der Waals surface area (Å²) in [5, 5.41) is 8.39. The molecule has 0 radical (unpaired) electrons. The summed E-state index contributed by atoms with van der Waals surface area (Å²) in [4.78, 5) is 29.1. The Hall–Kier alpha value is -1.41. The van der Waals surface area contributed by atoms with E-state index in [1.54, 1.807) is 4.90 Å². The highest BCUT2D eigenvalue weighted by atomic mass is 32.2. The third kappa shape index (κ3) is 6.30. The molecule has 1 aromatic rings. The zero-order valence-electron chi connectivity index (χ0n) is 17.8. The quantitative estimate of drug-likeness (QED) is 0.267. The molecule has 0 bridgehead atoms. The fourth-order valence-corrected chi connectivity index (χ4v) is 4.56. The van der Waals surface area contributed by atoms with Crippen molar-refractivity contribution in [2.45, 2.75) is 76.6 Å². The largest absolute Gasteiger partial charge is 0.408 e. The summed E-state index contributed by atoms with van der Waals surface area (Å²) >= 11 is 1.43. The predicted octanol–water partition coefficient (Wildman–Crippen LogP) is 3.50. The summed E-state index contributed by atoms with van der Waals surface area (Å²) < 4.78 is 5.64. The first-order chi connectivity index (χ1) is 13.2. The molecular formula is C20H34N4O3S. The van der Waals surface area contributed by atoms with Crippen LogP contribution in [0.1, 0.15) is 70.0 Å². The zero-order valence-corrected chi connectivity index (χ0v) is 18.6. The molecule has 1 saturated carbocycles. The first kappa shape index (κ1) is 22.9. The van der Waals surface area contributed by atoms with Gasteiger partial charge in [0.25, 0.3) is 11.1 Å². The van der Waals surface area contributed by atoms with Crippen LogP contribution in [-0.2, 0) is 4.79 Å². The van der Waals surface area contributed by atoms with Gasteiger partial charge in [0.05, 0.1) is 0 Å². The lowest BCUT2D eigenvalue weighted by molar-refractivity contribution is -0.124. The molecule has 0 spiro atoms. The summed E-state index contributed by atoms with van der Waals surface area (Å²) in [5.41, 5.74) is -0.434. The summed E-state index contributed by atoms with van der Waals surface area (Å²) in [6.45, 7) is 6.81. The van der Waals surface area contributed by atoms with Crippen LogP contribution in [-0.4, -0.2) is 70.7 Å². The molecule has 1 aromatic heterocycles. The number of thioether (sulfide) groups is 1. The van der Waals surface area contributed by atoms with Crippen molar-refractivity contribution in [3.63, 3.8) is 0 Å². The van der Waals surface area contributed by atoms with Crippen LogP contribution in [0, 0.1) is 5.41 Å². The van der Waals surface area contributed by atoms with Crippen LogP contribution in [0.5, 0.6) is 0 Å². The van der Waals surface area contributed by atoms with Gasteiger partial charge in [-0.15, -0.1) is 10.2 Å². The molecule has 0 unspecified atom stereocenters. The average molecular weight is 411 g/mol. The summed E-state index contributed by atoms with van der Waals surface area (Å²) in [7, 11) is 4.00. The van der Waals surface area contributed by atoms with Gasteiger partial charge in [-0.3, -0.25) is 9.59 Å². The Morgan fingerprint density at radius 2 is 1.86 bits per heavy atom. The summed E-state index contributed by atoms with van der Waals surface area (Å²) in [6, 6.07) is -0.529. The van der Waals surface area contributed by atoms with E-state index < -0.39 is 11.5 Å². The predicted molar refractivity (Wildman–Crippen MR) is 111 cm³/mol. The van der Waals surface area contributed by atoms with E-state index >= 15 is 0 Å². The molecule has 0 aliphatic heterocycles. The number of amides is 1. The molecule has 28 heavy (non-hydrogen) atoms. The molecule has 1 amide bonds. The molecule has 0 aromatic carbocycles. The molecule has 1 heterocycles. The lowest BCUT2D eigenvalue weighted by atomic mass is 9.82. The van der Waals surface area contributed by atoms with E-state index in [0.717, 1.165) is 44.4 Å². The minimum absolute atomic E-state index is 0.00671. The van der Waals surface area contributed by atoms with Crippen molar-refractivity contribution in [2.75, 3.05) is 26.4 Å². The lowest BCUT2D eigenvalue weighted by Crippen LogP contribution is -2.53. The highest BCUT2D eigenvalue weighted by Crippen LogP contribution is 2.32. The second-order valence-corrected chi connectivity index (χ2v) is 9.90. The van der Waals surface area contributed by atoms with Crippen molar-refractivity contribution in [3.05, 3.63) is 5.89 Å². The van der Waals surface area contributed by atoms with E-state index in [1.165, 1.54) is 24.6 Å². The van der Waals surface area contributed by atoms with E-state index in [9.17, 15) is 9.59 Å². The molecule has 1 atom stereocenters. The van der Waals surface area contributed by atoms with Crippen LogP contribution in [0.2, 0.25) is 0 Å². The number of hydrogen-bond donors (Lipinski definition) is 0. The second-order valence-electron chi connectivity index (χ2n) is 8.86. The van der Waals surface area contributed by atoms with E-state index in [-0.39, 0.29) is 17.7 Å². The van der Waals surface area contributed by atoms with Gasteiger partial charge in [-0.2, -0.15) is 0 Å². The topological polar surface area (TPSA) is 79.5 Å². The third-order valence-electron chi connectivity index (χ3n) is 5.12. The van der Waals surface area contributed by atoms with Crippen LogP contribution in [0.4, 0.5) is 0 Å². The van der Waals surface area contributed by atoms with Crippen LogP contribution >= 0.6 is 11.8 Å². The third-order valence-corrected chi connectivity index (χ3v) is 5.91. The van der Waals surface area contributed by atoms with Gasteiger partial charge in [-0.25, -0.2) is 0 Å². The monoisotopic (exact) mass is 410 g/mol. The molecular weight excluding hydrogens is 376 g/mol. The van der Waals surface area contributed by atoms with E-state index in [4.69, 9.17) is 4.42 Å². The van der Waals surface area contributed by atoms with Crippen LogP contribution in [0.3, 0.4) is 0 Å². The number of aromatic nitrogens is 2. The Balaban J connectivity index is 2.18. The average Bonchev–Trinajstić information content (AvgIpc) is 2.92. The van der Waals surface area contributed by atoms with E-state index in [0.29, 0.717) is 5.22 Å². The smallest absolute Gasteiger partial charge is 0.286 e. The van der Waals surface area contributed by atoms with Crippen LogP contribution in [0.25, 0.3) is 0 Å². The highest BCUT2D eigenvalue weighted by Gasteiger charge is 2.41. The molecule has 7 nitrogen and oxygen atoms in total. The van der Waals surface area contributed by atoms with E-state index in [1.807, 2.05) is 34.9 Å². The fourth-order valence-electron chi connectivity index (χ4n) is 3.69. The van der Waals surface area contributed by atoms with Crippen molar-refractivity contribution >= 4 is 24.0 Å². The van der Waals surface area contributed by atoms with Crippen LogP contribution < -0.4 is 0 Å². The number of Topliss-reactive ketones (excluding diaryl/α,β-unsaturated/α-hetero) is 1. The fraction of sp³-hybridized carbons (Fsp3) is 0.800. The van der Waals surface area contributed by atoms with Gasteiger partial charge in [0.15, 0.2) is 0 Å². The number of carbonyl (C=O) groups excluding carboxylic acids is 2. The number of rotatable bonds is 9. The molecule has 0 N–H and O–H groups in total. The van der Waals surface area contributed by atoms with Crippen molar-refractivity contribution in [3.8, 4) is 0 Å². The molecule has 1 aliphatic carbocycles. The van der Waals surface area contributed by atoms with Crippen molar-refractivity contribution < 1.29 is 14.0 Å². The number of carbonyl (C=O) groups is 2. The first-order valence-corrected chi connectivity index (χ1v) is 11.1. The Bertz CT molecular complexity index is 634. The molecule has 2 rings (SSSR count). The van der Waals surface area contributed by atoms with Crippen molar-refractivity contribution in [1.82, 2.24) is 20.0 Å². The molecule has 0 saturated heterocycles. The first-order valence-electron chi connectivity index (χ1n) is 10.1. The van der Waals surface area contributed by atoms with Gasteiger partial charge in [0.2, 0.25) is 12.2 Å². The maximum Gasteiger partial charge on any atom is 0.286 e. The number of nitrogens with zero attached hydrogens (tertiary/aromatic N) is 4. The van der Waals surface area contributed by atoms with Gasteiger partial charge < -0.3 is 14.2 Å². The molecule has 158 valence electrons. The van der Waals surface area contributed by atoms with Crippen molar-refractivity contribution in [2.24, 2.45) is 5.41 Å². The van der Waals surface area contributed by atoms with Gasteiger partial charge in [0, 0.05) is 18.3 Å². The Labute approximate surface area is 172 Å². The van der Waals surface area contributed by atoms with Gasteiger partial charge >= 0.3 is 0 Å². The molecule has 8 heteroatoms. The maximum absolute atomic E-state index is 13.3. The SMILES string of the molecule is CN(C)CCSc1nnc(C(=O)[C@@H](N(C=O)C2CCCCCC2)C(C)(C)C)o1. The lowest BCUT2D eigenvalue weighted by Gasteiger charge is -2.40. The summed E-state index contributed by atoms with van der Waals surface area (Å²) in [5.74, 6) is 0.525. The Morgan fingerprint density at radius 1 is 1.21 bits per heavy atom. The number of hydrogen-bond acceptors (Lipinski definition) is 7. The van der Waals surface area contributed by atoms with Gasteiger partial charge in [0.1, 0.15) is 6.04 Å². The Morgan fingerprint density at radius 3 is 2.39 bits per heavy atom. The van der Waals surface area contributed by atoms with Gasteiger partial charge in [-0.1, -0.05) is 58.2 Å². The summed E-state index contributed by atoms with van der Waals surface area (Å²) in [6.07, 6.45) is 7.28. The van der Waals surface area contributed by atoms with E-state index in [2.05, 4.69) is 15.1 Å². The highest BCUT2D eigenvalue weighted by molar-refractivity contribution is 7.99. The minimum Gasteiger partial charge on any atom is -0.408 e. The normalized spacial score (nSPS) is 17.4. The van der Waals surface area contributed by atoms with Crippen molar-refractivity contribution in [1.29, 1.82) is 0 Å².